The Labute approximate surface area is 235 Å². The molecule has 1 atom stereocenters. The summed E-state index contributed by atoms with van der Waals surface area (Å²) in [6.45, 7) is 4.17. The molecule has 0 bridgehead atoms. The van der Waals surface area contributed by atoms with Gasteiger partial charge in [0.15, 0.2) is 5.13 Å². The third-order valence-electron chi connectivity index (χ3n) is 7.52. The molecule has 0 saturated carbocycles. The summed E-state index contributed by atoms with van der Waals surface area (Å²) in [5, 5.41) is 15.3. The van der Waals surface area contributed by atoms with Gasteiger partial charge in [0.2, 0.25) is 0 Å². The van der Waals surface area contributed by atoms with E-state index in [4.69, 9.17) is 0 Å². The van der Waals surface area contributed by atoms with E-state index in [2.05, 4.69) is 51.4 Å². The highest BCUT2D eigenvalue weighted by Crippen LogP contribution is 2.38. The normalized spacial score (nSPS) is 16.2. The van der Waals surface area contributed by atoms with Gasteiger partial charge in [-0.05, 0) is 60.1 Å². The third kappa shape index (κ3) is 5.03. The maximum Gasteiger partial charge on any atom is 0.255 e. The van der Waals surface area contributed by atoms with Crippen LogP contribution in [-0.4, -0.2) is 64.9 Å². The Morgan fingerprint density at radius 2 is 1.77 bits per heavy atom. The average molecular weight is 558 g/mol. The van der Waals surface area contributed by atoms with Crippen molar-refractivity contribution >= 4 is 34.0 Å². The Hall–Kier alpha value is -4.28. The number of piperazine rings is 1. The molecule has 0 aliphatic carbocycles. The van der Waals surface area contributed by atoms with Gasteiger partial charge in [-0.2, -0.15) is 0 Å². The maximum absolute atomic E-state index is 14.2. The van der Waals surface area contributed by atoms with Crippen molar-refractivity contribution in [3.63, 3.8) is 0 Å². The van der Waals surface area contributed by atoms with E-state index in [1.54, 1.807) is 11.6 Å². The van der Waals surface area contributed by atoms with Gasteiger partial charge in [0, 0.05) is 61.1 Å². The number of carbonyl (C=O) groups excluding carboxylic acids is 2. The fourth-order valence-corrected chi connectivity index (χ4v) is 5.83. The number of nitrogens with one attached hydrogen (secondary N) is 1. The van der Waals surface area contributed by atoms with Gasteiger partial charge in [-0.15, -0.1) is 11.3 Å². The van der Waals surface area contributed by atoms with Gasteiger partial charge in [-0.3, -0.25) is 14.9 Å². The molecule has 40 heavy (non-hydrogen) atoms. The number of phenols is 1. The number of thiazole rings is 1. The molecule has 0 unspecified atom stereocenters. The molecule has 1 saturated heterocycles. The quantitative estimate of drug-likeness (QED) is 0.356. The maximum atomic E-state index is 14.2. The molecule has 1 fully saturated rings. The number of nitrogens with zero attached hydrogens (tertiary/aromatic N) is 4. The molecule has 10 heteroatoms. The minimum atomic E-state index is -1.26. The van der Waals surface area contributed by atoms with Crippen LogP contribution in [0.5, 0.6) is 5.75 Å². The van der Waals surface area contributed by atoms with E-state index in [-0.39, 0.29) is 23.8 Å². The number of carbonyl (C=O) groups is 2. The molecule has 3 aromatic carbocycles. The van der Waals surface area contributed by atoms with Crippen molar-refractivity contribution in [1.82, 2.24) is 14.8 Å². The molecular formula is C30H28FN5O3S. The smallest absolute Gasteiger partial charge is 0.255 e. The number of aromatic hydroxyl groups is 1. The number of halogens is 1. The lowest BCUT2D eigenvalue weighted by Gasteiger charge is -2.34. The van der Waals surface area contributed by atoms with Crippen LogP contribution in [0.2, 0.25) is 0 Å². The zero-order valence-electron chi connectivity index (χ0n) is 21.9. The van der Waals surface area contributed by atoms with E-state index < -0.39 is 17.8 Å². The lowest BCUT2D eigenvalue weighted by atomic mass is 10.00. The van der Waals surface area contributed by atoms with Crippen LogP contribution in [0.4, 0.5) is 15.2 Å². The van der Waals surface area contributed by atoms with Gasteiger partial charge < -0.3 is 19.8 Å². The fraction of sp³-hybridized carbons (Fsp3) is 0.233. The summed E-state index contributed by atoms with van der Waals surface area (Å²) in [6.07, 6.45) is 1.55. The summed E-state index contributed by atoms with van der Waals surface area (Å²) in [4.78, 5) is 37.3. The van der Waals surface area contributed by atoms with E-state index in [0.29, 0.717) is 10.7 Å². The number of phenolic OH excluding ortho intramolecular Hbond substituents is 1. The van der Waals surface area contributed by atoms with Gasteiger partial charge >= 0.3 is 0 Å². The van der Waals surface area contributed by atoms with E-state index in [1.807, 2.05) is 18.2 Å². The van der Waals surface area contributed by atoms with Crippen molar-refractivity contribution in [2.45, 2.75) is 12.6 Å². The van der Waals surface area contributed by atoms with Crippen molar-refractivity contribution in [1.29, 1.82) is 0 Å². The average Bonchev–Trinajstić information content (AvgIpc) is 3.59. The Balaban J connectivity index is 1.28. The number of rotatable bonds is 6. The van der Waals surface area contributed by atoms with Crippen LogP contribution >= 0.6 is 11.3 Å². The molecule has 3 heterocycles. The van der Waals surface area contributed by atoms with Crippen LogP contribution in [0, 0.1) is 5.82 Å². The monoisotopic (exact) mass is 557 g/mol. The molecule has 4 aromatic rings. The minimum absolute atomic E-state index is 0.00920. The molecule has 1 aromatic heterocycles. The minimum Gasteiger partial charge on any atom is -0.508 e. The summed E-state index contributed by atoms with van der Waals surface area (Å²) in [5.41, 5.74) is 4.28. The molecule has 2 N–H and O–H groups in total. The van der Waals surface area contributed by atoms with Crippen LogP contribution in [-0.2, 0) is 11.3 Å². The highest BCUT2D eigenvalue weighted by Gasteiger charge is 2.39. The Morgan fingerprint density at radius 1 is 1.02 bits per heavy atom. The lowest BCUT2D eigenvalue weighted by Crippen LogP contribution is -2.44. The highest BCUT2D eigenvalue weighted by atomic mass is 32.1. The zero-order valence-corrected chi connectivity index (χ0v) is 22.7. The number of fused-ring (bicyclic) bond motifs is 1. The molecule has 8 nitrogen and oxygen atoms in total. The predicted molar refractivity (Wildman–Crippen MR) is 153 cm³/mol. The van der Waals surface area contributed by atoms with Crippen molar-refractivity contribution < 1.29 is 19.1 Å². The topological polar surface area (TPSA) is 89.0 Å². The van der Waals surface area contributed by atoms with Gasteiger partial charge in [0.25, 0.3) is 11.8 Å². The van der Waals surface area contributed by atoms with Crippen molar-refractivity contribution in [3.8, 4) is 16.9 Å². The largest absolute Gasteiger partial charge is 0.508 e. The molecule has 2 amide bonds. The summed E-state index contributed by atoms with van der Waals surface area (Å²) < 4.78 is 14.2. The summed E-state index contributed by atoms with van der Waals surface area (Å²) in [6, 6.07) is 16.1. The number of hydrogen-bond acceptors (Lipinski definition) is 7. The predicted octanol–water partition coefficient (Wildman–Crippen LogP) is 4.74. The van der Waals surface area contributed by atoms with Crippen LogP contribution in [0.3, 0.4) is 0 Å². The standard InChI is InChI=1S/C30H28FN5O3S/c1-34-11-13-35(14-12-34)23-7-4-19(5-8-23)20-2-3-21-18-36(29(39)24(21)16-20)27(25-17-22(31)6-9-26(25)37)28(38)33-30-32-10-15-40-30/h2-10,15-17,27,37H,11-14,18H2,1H3,(H,32,33,38)/t27-/m1/s1. The first kappa shape index (κ1) is 26.0. The summed E-state index contributed by atoms with van der Waals surface area (Å²) in [5.74, 6) is -1.84. The van der Waals surface area contributed by atoms with Gasteiger partial charge in [0.1, 0.15) is 17.6 Å². The molecule has 2 aliphatic rings. The first-order valence-electron chi connectivity index (χ1n) is 13.0. The van der Waals surface area contributed by atoms with Gasteiger partial charge in [0.05, 0.1) is 0 Å². The summed E-state index contributed by atoms with van der Waals surface area (Å²) >= 11 is 1.22. The molecule has 0 spiro atoms. The number of hydrogen-bond donors (Lipinski definition) is 2. The van der Waals surface area contributed by atoms with Gasteiger partial charge in [-0.1, -0.05) is 24.3 Å². The van der Waals surface area contributed by atoms with Crippen LogP contribution in [0.15, 0.2) is 72.2 Å². The fourth-order valence-electron chi connectivity index (χ4n) is 5.29. The van der Waals surface area contributed by atoms with Crippen LogP contribution in [0.25, 0.3) is 11.1 Å². The molecule has 204 valence electrons. The number of anilines is 2. The van der Waals surface area contributed by atoms with Crippen LogP contribution < -0.4 is 10.2 Å². The van der Waals surface area contributed by atoms with E-state index in [9.17, 15) is 19.1 Å². The Kier molecular flexibility index (Phi) is 6.95. The number of amides is 2. The van der Waals surface area contributed by atoms with Gasteiger partial charge in [-0.25, -0.2) is 9.37 Å². The Bertz CT molecular complexity index is 1550. The Morgan fingerprint density at radius 3 is 2.50 bits per heavy atom. The summed E-state index contributed by atoms with van der Waals surface area (Å²) in [7, 11) is 2.13. The molecular weight excluding hydrogens is 529 g/mol. The molecule has 0 radical (unpaired) electrons. The SMILES string of the molecule is CN1CCN(c2ccc(-c3ccc4c(c3)C(=O)N([C@@H](C(=O)Nc3nccs3)c3cc(F)ccc3O)C4)cc2)CC1. The number of aromatic nitrogens is 1. The van der Waals surface area contributed by atoms with Crippen molar-refractivity contribution in [2.75, 3.05) is 43.4 Å². The van der Waals surface area contributed by atoms with E-state index in [0.717, 1.165) is 55.0 Å². The second-order valence-electron chi connectivity index (χ2n) is 10.1. The first-order chi connectivity index (χ1) is 19.4. The van der Waals surface area contributed by atoms with Crippen molar-refractivity contribution in [3.05, 3.63) is 94.7 Å². The second kappa shape index (κ2) is 10.7. The first-order valence-corrected chi connectivity index (χ1v) is 13.9. The highest BCUT2D eigenvalue weighted by molar-refractivity contribution is 7.13. The molecule has 2 aliphatic heterocycles. The molecule has 6 rings (SSSR count). The van der Waals surface area contributed by atoms with Crippen molar-refractivity contribution in [2.24, 2.45) is 0 Å². The van der Waals surface area contributed by atoms with E-state index in [1.165, 1.54) is 28.0 Å². The van der Waals surface area contributed by atoms with E-state index >= 15 is 0 Å². The van der Waals surface area contributed by atoms with Crippen LogP contribution in [0.1, 0.15) is 27.5 Å². The number of likely N-dealkylation sites (N-methyl/N-ethyl adjacent to an activating group) is 1. The third-order valence-corrected chi connectivity index (χ3v) is 8.21. The lowest BCUT2D eigenvalue weighted by molar-refractivity contribution is -0.120. The zero-order chi connectivity index (χ0) is 27.8. The second-order valence-corrected chi connectivity index (χ2v) is 11.0. The number of benzene rings is 3.